The third-order valence-electron chi connectivity index (χ3n) is 2.13. The Labute approximate surface area is 93.9 Å². The van der Waals surface area contributed by atoms with Crippen molar-refractivity contribution in [2.45, 2.75) is 13.5 Å². The molecular weight excluding hydrogens is 202 g/mol. The minimum Gasteiger partial charge on any atom is -0.401 e. The second-order valence-electron chi connectivity index (χ2n) is 3.74. The van der Waals surface area contributed by atoms with E-state index in [0.29, 0.717) is 12.2 Å². The molecule has 0 aromatic carbocycles. The quantitative estimate of drug-likeness (QED) is 0.590. The summed E-state index contributed by atoms with van der Waals surface area (Å²) in [6, 6.07) is 5.87. The molecule has 2 rings (SSSR count). The maximum Gasteiger partial charge on any atom is 0.137 e. The van der Waals surface area contributed by atoms with Gasteiger partial charge in [-0.1, -0.05) is 6.07 Å². The SMILES string of the molecule is C/C(N)=C/N(N)Cc1cn2ccccc2n1. The van der Waals surface area contributed by atoms with E-state index in [1.807, 2.05) is 35.0 Å². The van der Waals surface area contributed by atoms with Crippen LogP contribution in [0.3, 0.4) is 0 Å². The lowest BCUT2D eigenvalue weighted by Crippen LogP contribution is -2.25. The molecule has 2 aromatic heterocycles. The Morgan fingerprint density at radius 2 is 2.38 bits per heavy atom. The summed E-state index contributed by atoms with van der Waals surface area (Å²) in [6.07, 6.45) is 5.59. The zero-order chi connectivity index (χ0) is 11.5. The second-order valence-corrected chi connectivity index (χ2v) is 3.74. The summed E-state index contributed by atoms with van der Waals surface area (Å²) in [5, 5.41) is 1.52. The van der Waals surface area contributed by atoms with Crippen LogP contribution < -0.4 is 11.6 Å². The largest absolute Gasteiger partial charge is 0.401 e. The normalized spacial score (nSPS) is 12.0. The van der Waals surface area contributed by atoms with Crippen molar-refractivity contribution < 1.29 is 0 Å². The Kier molecular flexibility index (Phi) is 2.78. The fraction of sp³-hybridized carbons (Fsp3) is 0.182. The molecule has 2 heterocycles. The molecule has 0 atom stereocenters. The van der Waals surface area contributed by atoms with Crippen LogP contribution in [0.5, 0.6) is 0 Å². The third kappa shape index (κ3) is 2.32. The molecule has 0 radical (unpaired) electrons. The summed E-state index contributed by atoms with van der Waals surface area (Å²) in [5.41, 5.74) is 8.03. The van der Waals surface area contributed by atoms with Gasteiger partial charge in [0.2, 0.25) is 0 Å². The zero-order valence-electron chi connectivity index (χ0n) is 9.17. The van der Waals surface area contributed by atoms with Crippen LogP contribution in [0.4, 0.5) is 0 Å². The molecule has 0 amide bonds. The minimum atomic E-state index is 0.538. The number of aromatic nitrogens is 2. The van der Waals surface area contributed by atoms with Crippen molar-refractivity contribution in [3.05, 3.63) is 48.2 Å². The van der Waals surface area contributed by atoms with Gasteiger partial charge in [0.25, 0.3) is 0 Å². The Bertz CT molecular complexity index is 477. The second kappa shape index (κ2) is 4.24. The van der Waals surface area contributed by atoms with Crippen molar-refractivity contribution in [3.63, 3.8) is 0 Å². The van der Waals surface area contributed by atoms with Gasteiger partial charge in [-0.05, 0) is 19.1 Å². The van der Waals surface area contributed by atoms with Gasteiger partial charge in [-0.2, -0.15) is 0 Å². The minimum absolute atomic E-state index is 0.538. The third-order valence-corrected chi connectivity index (χ3v) is 2.13. The van der Waals surface area contributed by atoms with E-state index in [4.69, 9.17) is 11.6 Å². The van der Waals surface area contributed by atoms with Gasteiger partial charge in [-0.15, -0.1) is 0 Å². The molecule has 2 aromatic rings. The van der Waals surface area contributed by atoms with Crippen molar-refractivity contribution in [2.24, 2.45) is 11.6 Å². The molecule has 16 heavy (non-hydrogen) atoms. The van der Waals surface area contributed by atoms with Gasteiger partial charge in [0.05, 0.1) is 12.2 Å². The molecule has 0 aliphatic carbocycles. The van der Waals surface area contributed by atoms with Gasteiger partial charge in [-0.25, -0.2) is 10.8 Å². The molecule has 0 bridgehead atoms. The number of hydrogen-bond donors (Lipinski definition) is 2. The molecule has 0 saturated heterocycles. The van der Waals surface area contributed by atoms with E-state index in [1.54, 1.807) is 13.1 Å². The van der Waals surface area contributed by atoms with Crippen molar-refractivity contribution >= 4 is 5.65 Å². The van der Waals surface area contributed by atoms with E-state index in [9.17, 15) is 0 Å². The lowest BCUT2D eigenvalue weighted by molar-refractivity contribution is 0.379. The van der Waals surface area contributed by atoms with Gasteiger partial charge in [-0.3, -0.25) is 0 Å². The number of hydrazine groups is 1. The zero-order valence-corrected chi connectivity index (χ0v) is 9.17. The number of imidazole rings is 1. The molecule has 4 N–H and O–H groups in total. The Morgan fingerprint density at radius 3 is 3.06 bits per heavy atom. The van der Waals surface area contributed by atoms with Crippen molar-refractivity contribution in [2.75, 3.05) is 0 Å². The summed E-state index contributed by atoms with van der Waals surface area (Å²) >= 11 is 0. The highest BCUT2D eigenvalue weighted by Crippen LogP contribution is 2.06. The van der Waals surface area contributed by atoms with Crippen LogP contribution in [0.2, 0.25) is 0 Å². The van der Waals surface area contributed by atoms with E-state index < -0.39 is 0 Å². The number of hydrogen-bond acceptors (Lipinski definition) is 4. The predicted molar refractivity (Wildman–Crippen MR) is 62.9 cm³/mol. The van der Waals surface area contributed by atoms with Crippen LogP contribution >= 0.6 is 0 Å². The van der Waals surface area contributed by atoms with Crippen LogP contribution in [-0.4, -0.2) is 14.4 Å². The predicted octanol–water partition coefficient (Wildman–Crippen LogP) is 0.830. The van der Waals surface area contributed by atoms with Crippen molar-refractivity contribution in [1.82, 2.24) is 14.4 Å². The fourth-order valence-corrected chi connectivity index (χ4v) is 1.56. The highest BCUT2D eigenvalue weighted by molar-refractivity contribution is 5.39. The number of nitrogens with zero attached hydrogens (tertiary/aromatic N) is 3. The summed E-state index contributed by atoms with van der Waals surface area (Å²) in [6.45, 7) is 2.33. The number of rotatable bonds is 3. The molecule has 0 aliphatic rings. The van der Waals surface area contributed by atoms with E-state index in [2.05, 4.69) is 4.98 Å². The summed E-state index contributed by atoms with van der Waals surface area (Å²) in [7, 11) is 0. The number of pyridine rings is 1. The van der Waals surface area contributed by atoms with Gasteiger partial charge < -0.3 is 15.1 Å². The standard InChI is InChI=1S/C11H15N5/c1-9(12)6-16(13)8-10-7-15-5-3-2-4-11(15)14-10/h2-7H,8,12-13H2,1H3/b9-6-. The van der Waals surface area contributed by atoms with Crippen molar-refractivity contribution in [1.29, 1.82) is 0 Å². The van der Waals surface area contributed by atoms with Crippen LogP contribution in [-0.2, 0) is 6.54 Å². The Hall–Kier alpha value is -2.01. The Morgan fingerprint density at radius 1 is 1.56 bits per heavy atom. The maximum absolute atomic E-state index is 5.76. The summed E-state index contributed by atoms with van der Waals surface area (Å²) in [4.78, 5) is 4.43. The van der Waals surface area contributed by atoms with E-state index in [1.165, 1.54) is 5.01 Å². The monoisotopic (exact) mass is 217 g/mol. The van der Waals surface area contributed by atoms with Crippen LogP contribution in [0.25, 0.3) is 5.65 Å². The first-order chi connectivity index (χ1) is 7.65. The topological polar surface area (TPSA) is 72.6 Å². The Balaban J connectivity index is 2.18. The smallest absolute Gasteiger partial charge is 0.137 e. The van der Waals surface area contributed by atoms with Gasteiger partial charge in [0.15, 0.2) is 0 Å². The summed E-state index contributed by atoms with van der Waals surface area (Å²) in [5.74, 6) is 5.76. The maximum atomic E-state index is 5.76. The van der Waals surface area contributed by atoms with Gasteiger partial charge in [0.1, 0.15) is 5.65 Å². The molecule has 5 nitrogen and oxygen atoms in total. The molecule has 0 saturated carbocycles. The number of fused-ring (bicyclic) bond motifs is 1. The first-order valence-corrected chi connectivity index (χ1v) is 5.03. The van der Waals surface area contributed by atoms with E-state index in [-0.39, 0.29) is 0 Å². The average molecular weight is 217 g/mol. The van der Waals surface area contributed by atoms with Gasteiger partial charge >= 0.3 is 0 Å². The molecule has 0 fully saturated rings. The average Bonchev–Trinajstić information content (AvgIpc) is 2.57. The highest BCUT2D eigenvalue weighted by Gasteiger charge is 2.02. The van der Waals surface area contributed by atoms with Crippen LogP contribution in [0.15, 0.2) is 42.5 Å². The lowest BCUT2D eigenvalue weighted by atomic mass is 10.4. The van der Waals surface area contributed by atoms with Crippen LogP contribution in [0.1, 0.15) is 12.6 Å². The summed E-state index contributed by atoms with van der Waals surface area (Å²) < 4.78 is 1.96. The van der Waals surface area contributed by atoms with Gasteiger partial charge in [0, 0.05) is 24.3 Å². The number of nitrogens with two attached hydrogens (primary N) is 2. The molecule has 84 valence electrons. The molecular formula is C11H15N5. The molecule has 0 unspecified atom stereocenters. The lowest BCUT2D eigenvalue weighted by Gasteiger charge is -2.11. The van der Waals surface area contributed by atoms with Crippen LogP contribution in [0, 0.1) is 0 Å². The molecule has 0 spiro atoms. The molecule has 0 aliphatic heterocycles. The fourth-order valence-electron chi connectivity index (χ4n) is 1.56. The first kappa shape index (κ1) is 10.5. The number of allylic oxidation sites excluding steroid dienone is 1. The van der Waals surface area contributed by atoms with Crippen molar-refractivity contribution in [3.8, 4) is 0 Å². The molecule has 5 heteroatoms. The highest BCUT2D eigenvalue weighted by atomic mass is 15.4. The first-order valence-electron chi connectivity index (χ1n) is 5.03. The van der Waals surface area contributed by atoms with E-state index in [0.717, 1.165) is 11.3 Å². The van der Waals surface area contributed by atoms with E-state index >= 15 is 0 Å².